The quantitative estimate of drug-likeness (QED) is 0.664. The first-order valence-corrected chi connectivity index (χ1v) is 7.97. The molecule has 0 saturated carbocycles. The maximum atomic E-state index is 11.6. The number of thioether (sulfide) groups is 1. The molecule has 0 aliphatic carbocycles. The van der Waals surface area contributed by atoms with Gasteiger partial charge in [0.2, 0.25) is 11.8 Å². The van der Waals surface area contributed by atoms with Gasteiger partial charge >= 0.3 is 0 Å². The number of hydrogen-bond acceptors (Lipinski definition) is 4. The second-order valence-electron chi connectivity index (χ2n) is 5.28. The second kappa shape index (κ2) is 8.43. The van der Waals surface area contributed by atoms with Gasteiger partial charge in [0, 0.05) is 11.8 Å². The smallest absolute Gasteiger partial charge is 0.239 e. The molecule has 0 aromatic heterocycles. The molecule has 4 N–H and O–H groups in total. The number of nitrogens with one attached hydrogen (secondary N) is 2. The Morgan fingerprint density at radius 2 is 2.05 bits per heavy atom. The summed E-state index contributed by atoms with van der Waals surface area (Å²) in [5.74, 6) is 0.843. The normalized spacial score (nSPS) is 20.9. The third-order valence-corrected chi connectivity index (χ3v) is 4.64. The summed E-state index contributed by atoms with van der Waals surface area (Å²) in [6.07, 6.45) is 3.68. The van der Waals surface area contributed by atoms with Gasteiger partial charge in [-0.3, -0.25) is 9.59 Å². The van der Waals surface area contributed by atoms with Crippen LogP contribution < -0.4 is 16.4 Å². The average Bonchev–Trinajstić information content (AvgIpc) is 2.42. The van der Waals surface area contributed by atoms with Crippen molar-refractivity contribution in [3.05, 3.63) is 0 Å². The van der Waals surface area contributed by atoms with Crippen LogP contribution >= 0.6 is 11.8 Å². The number of carbonyl (C=O) groups excluding carboxylic acids is 2. The molecule has 1 aliphatic heterocycles. The fourth-order valence-corrected chi connectivity index (χ4v) is 3.09. The van der Waals surface area contributed by atoms with Crippen LogP contribution in [0.15, 0.2) is 0 Å². The van der Waals surface area contributed by atoms with Crippen LogP contribution in [0.2, 0.25) is 0 Å². The van der Waals surface area contributed by atoms with Gasteiger partial charge < -0.3 is 16.4 Å². The highest BCUT2D eigenvalue weighted by Gasteiger charge is 2.18. The first-order valence-electron chi connectivity index (χ1n) is 6.92. The summed E-state index contributed by atoms with van der Waals surface area (Å²) in [6.45, 7) is 4.46. The van der Waals surface area contributed by atoms with Crippen LogP contribution in [0, 0.1) is 5.92 Å². The number of nitrogens with two attached hydrogens (primary N) is 1. The van der Waals surface area contributed by atoms with E-state index in [0.29, 0.717) is 11.8 Å². The lowest BCUT2D eigenvalue weighted by Gasteiger charge is -2.21. The molecule has 5 nitrogen and oxygen atoms in total. The molecule has 2 atom stereocenters. The van der Waals surface area contributed by atoms with Crippen LogP contribution in [-0.4, -0.2) is 41.9 Å². The average molecular weight is 287 g/mol. The summed E-state index contributed by atoms with van der Waals surface area (Å²) < 4.78 is 0. The number of carbonyl (C=O) groups is 2. The molecule has 19 heavy (non-hydrogen) atoms. The minimum atomic E-state index is -0.554. The summed E-state index contributed by atoms with van der Waals surface area (Å²) >= 11 is 1.92. The van der Waals surface area contributed by atoms with E-state index < -0.39 is 6.04 Å². The highest BCUT2D eigenvalue weighted by Crippen LogP contribution is 2.24. The van der Waals surface area contributed by atoms with Crippen LogP contribution in [-0.2, 0) is 9.59 Å². The molecule has 1 rings (SSSR count). The van der Waals surface area contributed by atoms with Crippen molar-refractivity contribution in [1.29, 1.82) is 0 Å². The van der Waals surface area contributed by atoms with Gasteiger partial charge in [-0.1, -0.05) is 20.3 Å². The van der Waals surface area contributed by atoms with Gasteiger partial charge in [0.1, 0.15) is 0 Å². The Balaban J connectivity index is 2.15. The maximum absolute atomic E-state index is 11.6. The molecular formula is C13H25N3O2S. The summed E-state index contributed by atoms with van der Waals surface area (Å²) in [5.41, 5.74) is 5.69. The molecule has 0 bridgehead atoms. The Morgan fingerprint density at radius 1 is 1.32 bits per heavy atom. The van der Waals surface area contributed by atoms with Gasteiger partial charge in [0.05, 0.1) is 12.6 Å². The molecular weight excluding hydrogens is 262 g/mol. The molecule has 1 saturated heterocycles. The summed E-state index contributed by atoms with van der Waals surface area (Å²) in [6, 6.07) is -0.554. The standard InChI is InChI=1S/C13H25N3O2S/c1-9(2)12(14)13(18)16-8-11(17)15-7-10-5-3-4-6-19-10/h9-10,12H,3-8,14H2,1-2H3,(H,15,17)(H,16,18)/t10?,12-/m0/s1. The molecule has 0 aromatic carbocycles. The lowest BCUT2D eigenvalue weighted by molar-refractivity contribution is -0.127. The minimum absolute atomic E-state index is 0.0106. The van der Waals surface area contributed by atoms with E-state index in [-0.39, 0.29) is 24.3 Å². The number of hydrogen-bond donors (Lipinski definition) is 3. The van der Waals surface area contributed by atoms with E-state index in [1.54, 1.807) is 0 Å². The van der Waals surface area contributed by atoms with Crippen LogP contribution in [0.25, 0.3) is 0 Å². The van der Waals surface area contributed by atoms with E-state index in [9.17, 15) is 9.59 Å². The van der Waals surface area contributed by atoms with Crippen LogP contribution in [0.1, 0.15) is 33.1 Å². The highest BCUT2D eigenvalue weighted by atomic mass is 32.2. The molecule has 0 aromatic rings. The van der Waals surface area contributed by atoms with Crippen molar-refractivity contribution in [3.8, 4) is 0 Å². The van der Waals surface area contributed by atoms with Crippen molar-refractivity contribution in [2.75, 3.05) is 18.8 Å². The predicted molar refractivity (Wildman–Crippen MR) is 78.9 cm³/mol. The van der Waals surface area contributed by atoms with Gasteiger partial charge in [0.25, 0.3) is 0 Å². The van der Waals surface area contributed by atoms with Crippen LogP contribution in [0.5, 0.6) is 0 Å². The molecule has 1 fully saturated rings. The lowest BCUT2D eigenvalue weighted by atomic mass is 10.1. The van der Waals surface area contributed by atoms with E-state index >= 15 is 0 Å². The Kier molecular flexibility index (Phi) is 7.23. The van der Waals surface area contributed by atoms with Gasteiger partial charge in [0.15, 0.2) is 0 Å². The topological polar surface area (TPSA) is 84.2 Å². The highest BCUT2D eigenvalue weighted by molar-refractivity contribution is 7.99. The molecule has 1 heterocycles. The van der Waals surface area contributed by atoms with Crippen molar-refractivity contribution in [3.63, 3.8) is 0 Å². The van der Waals surface area contributed by atoms with Crippen LogP contribution in [0.4, 0.5) is 0 Å². The molecule has 0 radical (unpaired) electrons. The zero-order chi connectivity index (χ0) is 14.3. The third kappa shape index (κ3) is 6.29. The van der Waals surface area contributed by atoms with Crippen molar-refractivity contribution in [1.82, 2.24) is 10.6 Å². The van der Waals surface area contributed by atoms with Gasteiger partial charge in [-0.15, -0.1) is 0 Å². The monoisotopic (exact) mass is 287 g/mol. The lowest BCUT2D eigenvalue weighted by Crippen LogP contribution is -2.47. The number of rotatable bonds is 6. The summed E-state index contributed by atoms with van der Waals surface area (Å²) in [7, 11) is 0. The van der Waals surface area contributed by atoms with E-state index in [2.05, 4.69) is 10.6 Å². The second-order valence-corrected chi connectivity index (χ2v) is 6.69. The minimum Gasteiger partial charge on any atom is -0.353 e. The third-order valence-electron chi connectivity index (χ3n) is 3.25. The van der Waals surface area contributed by atoms with Gasteiger partial charge in [-0.2, -0.15) is 11.8 Å². The Morgan fingerprint density at radius 3 is 2.63 bits per heavy atom. The van der Waals surface area contributed by atoms with Crippen molar-refractivity contribution in [2.24, 2.45) is 11.7 Å². The summed E-state index contributed by atoms with van der Waals surface area (Å²) in [5, 5.41) is 5.95. The molecule has 0 spiro atoms. The molecule has 1 aliphatic rings. The van der Waals surface area contributed by atoms with E-state index in [1.807, 2.05) is 25.6 Å². The van der Waals surface area contributed by atoms with E-state index in [1.165, 1.54) is 18.6 Å². The SMILES string of the molecule is CC(C)[C@H](N)C(=O)NCC(=O)NCC1CCCCS1. The van der Waals surface area contributed by atoms with Crippen LogP contribution in [0.3, 0.4) is 0 Å². The van der Waals surface area contributed by atoms with Gasteiger partial charge in [-0.05, 0) is 24.5 Å². The zero-order valence-corrected chi connectivity index (χ0v) is 12.6. The Hall–Kier alpha value is -0.750. The largest absolute Gasteiger partial charge is 0.353 e. The van der Waals surface area contributed by atoms with Gasteiger partial charge in [-0.25, -0.2) is 0 Å². The Labute approximate surface area is 119 Å². The maximum Gasteiger partial charge on any atom is 0.239 e. The fourth-order valence-electron chi connectivity index (χ4n) is 1.85. The van der Waals surface area contributed by atoms with Crippen molar-refractivity contribution < 1.29 is 9.59 Å². The summed E-state index contributed by atoms with van der Waals surface area (Å²) in [4.78, 5) is 23.2. The molecule has 2 amide bonds. The van der Waals surface area contributed by atoms with Crippen molar-refractivity contribution in [2.45, 2.75) is 44.4 Å². The number of amides is 2. The Bertz CT molecular complexity index is 304. The molecule has 110 valence electrons. The molecule has 1 unspecified atom stereocenters. The predicted octanol–water partition coefficient (Wildman–Crippen LogP) is 0.488. The van der Waals surface area contributed by atoms with Crippen molar-refractivity contribution >= 4 is 23.6 Å². The first-order chi connectivity index (χ1) is 9.00. The van der Waals surface area contributed by atoms with E-state index in [4.69, 9.17) is 5.73 Å². The zero-order valence-electron chi connectivity index (χ0n) is 11.8. The molecule has 6 heteroatoms. The fraction of sp³-hybridized carbons (Fsp3) is 0.846. The first kappa shape index (κ1) is 16.3. The van der Waals surface area contributed by atoms with E-state index in [0.717, 1.165) is 6.42 Å².